The fourth-order valence-corrected chi connectivity index (χ4v) is 4.28. The third-order valence-electron chi connectivity index (χ3n) is 4.26. The number of thioether (sulfide) groups is 1. The van der Waals surface area contributed by atoms with Crippen molar-refractivity contribution in [2.24, 2.45) is 13.0 Å². The van der Waals surface area contributed by atoms with Gasteiger partial charge in [-0.05, 0) is 42.6 Å². The number of rotatable bonds is 6. The van der Waals surface area contributed by atoms with Gasteiger partial charge in [-0.1, -0.05) is 25.6 Å². The molecule has 28 heavy (non-hydrogen) atoms. The Kier molecular flexibility index (Phi) is 6.00. The van der Waals surface area contributed by atoms with Gasteiger partial charge in [-0.15, -0.1) is 11.3 Å². The molecule has 3 aromatic rings. The molecule has 1 atom stereocenters. The van der Waals surface area contributed by atoms with Crippen molar-refractivity contribution in [1.29, 1.82) is 0 Å². The monoisotopic (exact) mass is 415 g/mol. The Morgan fingerprint density at radius 1 is 1.14 bits per heavy atom. The number of ketones is 1. The second-order valence-electron chi connectivity index (χ2n) is 6.74. The van der Waals surface area contributed by atoms with Crippen molar-refractivity contribution in [3.8, 4) is 0 Å². The Morgan fingerprint density at radius 2 is 1.82 bits per heavy atom. The van der Waals surface area contributed by atoms with E-state index >= 15 is 0 Å². The number of carbonyl (C=O) groups excluding carboxylic acids is 2. The highest BCUT2D eigenvalue weighted by atomic mass is 32.2. The van der Waals surface area contributed by atoms with Crippen LogP contribution in [0.5, 0.6) is 0 Å². The summed E-state index contributed by atoms with van der Waals surface area (Å²) in [6.07, 6.45) is 0. The molecule has 0 bridgehead atoms. The predicted molar refractivity (Wildman–Crippen MR) is 114 cm³/mol. The third-order valence-corrected chi connectivity index (χ3v) is 6.29. The molecular formula is C20H21N3O3S2. The van der Waals surface area contributed by atoms with Crippen LogP contribution in [0.25, 0.3) is 10.2 Å². The number of fused-ring (bicyclic) bond motifs is 1. The molecule has 2 aromatic heterocycles. The number of hydrogen-bond acceptors (Lipinski definition) is 6. The molecule has 0 spiro atoms. The Hall–Kier alpha value is -2.45. The number of benzene rings is 1. The van der Waals surface area contributed by atoms with Crippen LogP contribution in [0.3, 0.4) is 0 Å². The maximum atomic E-state index is 12.8. The van der Waals surface area contributed by atoms with E-state index in [0.29, 0.717) is 26.6 Å². The van der Waals surface area contributed by atoms with Crippen LogP contribution in [-0.2, 0) is 11.8 Å². The highest BCUT2D eigenvalue weighted by molar-refractivity contribution is 8.00. The summed E-state index contributed by atoms with van der Waals surface area (Å²) in [4.78, 5) is 41.5. The zero-order valence-corrected chi connectivity index (χ0v) is 17.7. The van der Waals surface area contributed by atoms with E-state index in [4.69, 9.17) is 0 Å². The molecule has 0 fully saturated rings. The number of hydrogen-bond donors (Lipinski definition) is 1. The lowest BCUT2D eigenvalue weighted by Gasteiger charge is -2.13. The summed E-state index contributed by atoms with van der Waals surface area (Å²) < 4.78 is 2.10. The van der Waals surface area contributed by atoms with E-state index in [0.717, 1.165) is 0 Å². The summed E-state index contributed by atoms with van der Waals surface area (Å²) in [6, 6.07) is 8.64. The first-order chi connectivity index (χ1) is 13.3. The molecule has 0 aliphatic heterocycles. The fourth-order valence-electron chi connectivity index (χ4n) is 2.52. The Balaban J connectivity index is 1.75. The van der Waals surface area contributed by atoms with Gasteiger partial charge in [0.25, 0.3) is 5.56 Å². The smallest absolute Gasteiger partial charge is 0.271 e. The van der Waals surface area contributed by atoms with Crippen molar-refractivity contribution in [3.05, 3.63) is 51.6 Å². The Labute approximate surface area is 171 Å². The highest BCUT2D eigenvalue weighted by Gasteiger charge is 2.20. The third kappa shape index (κ3) is 4.18. The van der Waals surface area contributed by atoms with Gasteiger partial charge < -0.3 is 5.32 Å². The van der Waals surface area contributed by atoms with Crippen LogP contribution in [0, 0.1) is 5.92 Å². The Morgan fingerprint density at radius 3 is 2.46 bits per heavy atom. The van der Waals surface area contributed by atoms with Gasteiger partial charge in [-0.25, -0.2) is 4.98 Å². The number of amides is 1. The van der Waals surface area contributed by atoms with Crippen molar-refractivity contribution in [2.45, 2.75) is 31.2 Å². The van der Waals surface area contributed by atoms with Crippen molar-refractivity contribution < 1.29 is 9.59 Å². The van der Waals surface area contributed by atoms with E-state index in [-0.39, 0.29) is 23.2 Å². The lowest BCUT2D eigenvalue weighted by molar-refractivity contribution is -0.118. The van der Waals surface area contributed by atoms with E-state index in [1.54, 1.807) is 38.2 Å². The fraction of sp³-hybridized carbons (Fsp3) is 0.300. The van der Waals surface area contributed by atoms with Gasteiger partial charge in [0.2, 0.25) is 5.91 Å². The first-order valence-electron chi connectivity index (χ1n) is 8.84. The average Bonchev–Trinajstić information content (AvgIpc) is 3.14. The quantitative estimate of drug-likeness (QED) is 0.374. The van der Waals surface area contributed by atoms with Crippen LogP contribution < -0.4 is 10.9 Å². The van der Waals surface area contributed by atoms with Gasteiger partial charge >= 0.3 is 0 Å². The number of Topliss-reactive ketones (excluding diaryl/α,β-unsaturated/α-hetero) is 1. The second-order valence-corrected chi connectivity index (χ2v) is 8.96. The summed E-state index contributed by atoms with van der Waals surface area (Å²) in [5, 5.41) is 4.74. The minimum Gasteiger partial charge on any atom is -0.326 e. The topological polar surface area (TPSA) is 81.1 Å². The molecule has 3 rings (SSSR count). The predicted octanol–water partition coefficient (Wildman–Crippen LogP) is 3.95. The summed E-state index contributed by atoms with van der Waals surface area (Å²) in [6.45, 7) is 5.44. The lowest BCUT2D eigenvalue weighted by Crippen LogP contribution is -2.21. The molecule has 0 aliphatic rings. The van der Waals surface area contributed by atoms with Crippen LogP contribution in [-0.4, -0.2) is 26.5 Å². The molecule has 1 aromatic carbocycles. The van der Waals surface area contributed by atoms with Crippen LogP contribution in [0.4, 0.5) is 5.69 Å². The van der Waals surface area contributed by atoms with Crippen LogP contribution >= 0.6 is 23.1 Å². The SMILES string of the molecule is CC(C)C(=O)Nc1ccc(C(=O)C(C)Sc2nc3ccsc3c(=O)n2C)cc1. The molecule has 0 saturated heterocycles. The van der Waals surface area contributed by atoms with Crippen LogP contribution in [0.2, 0.25) is 0 Å². The molecule has 0 aliphatic carbocycles. The van der Waals surface area contributed by atoms with Crippen molar-refractivity contribution in [1.82, 2.24) is 9.55 Å². The normalized spacial score (nSPS) is 12.3. The minimum atomic E-state index is -0.412. The maximum Gasteiger partial charge on any atom is 0.271 e. The second kappa shape index (κ2) is 8.28. The van der Waals surface area contributed by atoms with Gasteiger partial charge in [-0.3, -0.25) is 19.0 Å². The number of nitrogens with zero attached hydrogens (tertiary/aromatic N) is 2. The average molecular weight is 416 g/mol. The van der Waals surface area contributed by atoms with Gasteiger partial charge in [0, 0.05) is 24.2 Å². The van der Waals surface area contributed by atoms with Gasteiger partial charge in [0.05, 0.1) is 10.8 Å². The molecular weight excluding hydrogens is 394 g/mol. The molecule has 1 amide bonds. The van der Waals surface area contributed by atoms with Crippen LogP contribution in [0.15, 0.2) is 45.7 Å². The number of carbonyl (C=O) groups is 2. The largest absolute Gasteiger partial charge is 0.326 e. The minimum absolute atomic E-state index is 0.0635. The molecule has 6 nitrogen and oxygen atoms in total. The first kappa shape index (κ1) is 20.3. The van der Waals surface area contributed by atoms with Crippen molar-refractivity contribution in [3.63, 3.8) is 0 Å². The number of thiophene rings is 1. The zero-order chi connectivity index (χ0) is 20.4. The number of aromatic nitrogens is 2. The molecule has 0 radical (unpaired) electrons. The van der Waals surface area contributed by atoms with Crippen molar-refractivity contribution in [2.75, 3.05) is 5.32 Å². The number of anilines is 1. The molecule has 1 N–H and O–H groups in total. The number of nitrogens with one attached hydrogen (secondary N) is 1. The van der Waals surface area contributed by atoms with Gasteiger partial charge in [0.15, 0.2) is 10.9 Å². The molecule has 146 valence electrons. The van der Waals surface area contributed by atoms with Crippen molar-refractivity contribution >= 4 is 50.7 Å². The van der Waals surface area contributed by atoms with E-state index in [2.05, 4.69) is 10.3 Å². The van der Waals surface area contributed by atoms with Gasteiger partial charge in [0.1, 0.15) is 4.70 Å². The van der Waals surface area contributed by atoms with E-state index in [1.807, 2.05) is 25.3 Å². The maximum absolute atomic E-state index is 12.8. The first-order valence-corrected chi connectivity index (χ1v) is 10.6. The summed E-state index contributed by atoms with van der Waals surface area (Å²) in [5.74, 6) is -0.248. The highest BCUT2D eigenvalue weighted by Crippen LogP contribution is 2.26. The van der Waals surface area contributed by atoms with Gasteiger partial charge in [-0.2, -0.15) is 0 Å². The zero-order valence-electron chi connectivity index (χ0n) is 16.1. The summed E-state index contributed by atoms with van der Waals surface area (Å²) in [7, 11) is 1.67. The van der Waals surface area contributed by atoms with E-state index in [9.17, 15) is 14.4 Å². The van der Waals surface area contributed by atoms with E-state index in [1.165, 1.54) is 27.7 Å². The molecule has 0 saturated carbocycles. The molecule has 8 heteroatoms. The molecule has 1 unspecified atom stereocenters. The Bertz CT molecular complexity index is 1080. The molecule has 2 heterocycles. The van der Waals surface area contributed by atoms with Crippen LogP contribution in [0.1, 0.15) is 31.1 Å². The summed E-state index contributed by atoms with van der Waals surface area (Å²) in [5.41, 5.74) is 1.75. The summed E-state index contributed by atoms with van der Waals surface area (Å²) >= 11 is 2.63. The lowest BCUT2D eigenvalue weighted by atomic mass is 10.1. The van der Waals surface area contributed by atoms with E-state index < -0.39 is 5.25 Å². The standard InChI is InChI=1S/C20H21N3O3S2/c1-11(2)18(25)21-14-7-5-13(6-8-14)16(24)12(3)28-20-22-15-9-10-27-17(15)19(26)23(20)4/h5-12H,1-4H3,(H,21,25).